The number of ether oxygens (including phenoxy) is 2. The van der Waals surface area contributed by atoms with Crippen LogP contribution in [0.2, 0.25) is 0 Å². The average molecular weight is 462 g/mol. The highest BCUT2D eigenvalue weighted by Crippen LogP contribution is 2.44. The third kappa shape index (κ3) is 3.76. The second kappa shape index (κ2) is 8.81. The Balaban J connectivity index is 1.28. The molecule has 0 saturated carbocycles. The summed E-state index contributed by atoms with van der Waals surface area (Å²) < 4.78 is 10.7. The molecule has 2 saturated heterocycles. The molecule has 0 bridgehead atoms. The molecule has 2 aliphatic heterocycles. The maximum absolute atomic E-state index is 13.6. The van der Waals surface area contributed by atoms with Crippen LogP contribution < -0.4 is 14.4 Å². The molecule has 2 fully saturated rings. The average Bonchev–Trinajstić information content (AvgIpc) is 3.53. The number of carbonyl (C=O) groups is 2. The summed E-state index contributed by atoms with van der Waals surface area (Å²) in [5, 5.41) is 6.82. The van der Waals surface area contributed by atoms with Gasteiger partial charge in [0.05, 0.1) is 32.0 Å². The lowest BCUT2D eigenvalue weighted by atomic mass is 9.77. The summed E-state index contributed by atoms with van der Waals surface area (Å²) in [5.41, 5.74) is 2.63. The first kappa shape index (κ1) is 21.9. The zero-order chi connectivity index (χ0) is 23.7. The summed E-state index contributed by atoms with van der Waals surface area (Å²) in [6.07, 6.45) is 7.17. The van der Waals surface area contributed by atoms with Gasteiger partial charge in [-0.15, -0.1) is 0 Å². The molecule has 5 rings (SSSR count). The second-order valence-corrected chi connectivity index (χ2v) is 8.73. The topological polar surface area (TPSA) is 101 Å². The predicted octanol–water partition coefficient (Wildman–Crippen LogP) is 3.15. The molecule has 176 valence electrons. The number of methoxy groups -OCH3 is 2. The van der Waals surface area contributed by atoms with Crippen LogP contribution in [0, 0.1) is 5.41 Å². The molecule has 9 heteroatoms. The fourth-order valence-corrected chi connectivity index (χ4v) is 4.94. The van der Waals surface area contributed by atoms with Gasteiger partial charge in [0.25, 0.3) is 5.91 Å². The van der Waals surface area contributed by atoms with Gasteiger partial charge in [-0.25, -0.2) is 4.98 Å². The fourth-order valence-electron chi connectivity index (χ4n) is 4.94. The summed E-state index contributed by atoms with van der Waals surface area (Å²) in [4.78, 5) is 34.3. The van der Waals surface area contributed by atoms with E-state index in [0.717, 1.165) is 23.2 Å². The third-order valence-corrected chi connectivity index (χ3v) is 7.02. The summed E-state index contributed by atoms with van der Waals surface area (Å²) in [6.45, 7) is 1.73. The lowest BCUT2D eigenvalue weighted by Gasteiger charge is -2.37. The van der Waals surface area contributed by atoms with Gasteiger partial charge < -0.3 is 19.3 Å². The van der Waals surface area contributed by atoms with E-state index in [1.54, 1.807) is 43.6 Å². The smallest absolute Gasteiger partial charge is 0.272 e. The maximum atomic E-state index is 13.6. The number of rotatable bonds is 5. The molecule has 2 amide bonds. The van der Waals surface area contributed by atoms with Gasteiger partial charge in [-0.1, -0.05) is 0 Å². The Hall–Kier alpha value is -3.88. The van der Waals surface area contributed by atoms with Crippen LogP contribution in [0.25, 0.3) is 11.1 Å². The van der Waals surface area contributed by atoms with Crippen molar-refractivity contribution in [2.24, 2.45) is 5.41 Å². The number of aromatic nitrogens is 3. The van der Waals surface area contributed by atoms with Crippen LogP contribution in [0.15, 0.2) is 48.9 Å². The SMILES string of the molecule is COc1ccc(C(=O)N2CCC3(CC2)CCN(c2ccc(-c4cn[nH]c4)c(OC)c2)C3=O)nc1. The number of hydrogen-bond acceptors (Lipinski definition) is 6. The Labute approximate surface area is 197 Å². The van der Waals surface area contributed by atoms with Gasteiger partial charge in [-0.05, 0) is 43.5 Å². The van der Waals surface area contributed by atoms with E-state index in [1.807, 2.05) is 29.3 Å². The van der Waals surface area contributed by atoms with Crippen LogP contribution in [0.4, 0.5) is 5.69 Å². The number of anilines is 1. The van der Waals surface area contributed by atoms with E-state index < -0.39 is 5.41 Å². The van der Waals surface area contributed by atoms with E-state index in [9.17, 15) is 9.59 Å². The van der Waals surface area contributed by atoms with Gasteiger partial charge in [0.2, 0.25) is 5.91 Å². The third-order valence-electron chi connectivity index (χ3n) is 7.02. The van der Waals surface area contributed by atoms with Crippen molar-refractivity contribution in [3.8, 4) is 22.6 Å². The number of nitrogens with zero attached hydrogens (tertiary/aromatic N) is 4. The maximum Gasteiger partial charge on any atom is 0.272 e. The summed E-state index contributed by atoms with van der Waals surface area (Å²) in [6, 6.07) is 9.23. The number of hydrogen-bond donors (Lipinski definition) is 1. The van der Waals surface area contributed by atoms with E-state index in [2.05, 4.69) is 15.2 Å². The van der Waals surface area contributed by atoms with Crippen molar-refractivity contribution in [3.05, 3.63) is 54.6 Å². The number of pyridine rings is 1. The minimum atomic E-state index is -0.430. The first-order valence-electron chi connectivity index (χ1n) is 11.3. The van der Waals surface area contributed by atoms with Crippen molar-refractivity contribution in [2.75, 3.05) is 38.8 Å². The van der Waals surface area contributed by atoms with Gasteiger partial charge in [0, 0.05) is 48.7 Å². The van der Waals surface area contributed by atoms with Crippen LogP contribution in [0.5, 0.6) is 11.5 Å². The number of carbonyl (C=O) groups excluding carboxylic acids is 2. The predicted molar refractivity (Wildman–Crippen MR) is 126 cm³/mol. The highest BCUT2D eigenvalue weighted by Gasteiger charge is 2.49. The van der Waals surface area contributed by atoms with Crippen molar-refractivity contribution in [2.45, 2.75) is 19.3 Å². The Morgan fingerprint density at radius 3 is 2.47 bits per heavy atom. The lowest BCUT2D eigenvalue weighted by molar-refractivity contribution is -0.127. The van der Waals surface area contributed by atoms with Crippen LogP contribution in [-0.2, 0) is 4.79 Å². The monoisotopic (exact) mass is 461 g/mol. The van der Waals surface area contributed by atoms with Crippen LogP contribution in [-0.4, -0.2) is 65.7 Å². The first-order chi connectivity index (χ1) is 16.5. The van der Waals surface area contributed by atoms with Crippen molar-refractivity contribution >= 4 is 17.5 Å². The summed E-state index contributed by atoms with van der Waals surface area (Å²) in [5.74, 6) is 1.32. The van der Waals surface area contributed by atoms with E-state index in [-0.39, 0.29) is 11.8 Å². The van der Waals surface area contributed by atoms with E-state index >= 15 is 0 Å². The molecule has 0 aliphatic carbocycles. The number of nitrogens with one attached hydrogen (secondary N) is 1. The second-order valence-electron chi connectivity index (χ2n) is 8.73. The van der Waals surface area contributed by atoms with Gasteiger partial charge in [-0.2, -0.15) is 5.10 Å². The van der Waals surface area contributed by atoms with E-state index in [0.29, 0.717) is 49.7 Å². The molecule has 2 aromatic heterocycles. The van der Waals surface area contributed by atoms with Gasteiger partial charge in [0.15, 0.2) is 0 Å². The number of aromatic amines is 1. The quantitative estimate of drug-likeness (QED) is 0.627. The van der Waals surface area contributed by atoms with Crippen LogP contribution in [0.3, 0.4) is 0 Å². The number of benzene rings is 1. The van der Waals surface area contributed by atoms with E-state index in [4.69, 9.17) is 9.47 Å². The molecule has 34 heavy (non-hydrogen) atoms. The standard InChI is InChI=1S/C25H27N5O4/c1-33-19-4-6-21(26-16-19)23(31)29-10-7-25(8-11-29)9-12-30(24(25)32)18-3-5-20(22(13-18)34-2)17-14-27-28-15-17/h3-6,13-16H,7-12H2,1-2H3,(H,27,28). The number of likely N-dealkylation sites (tertiary alicyclic amines) is 1. The van der Waals surface area contributed by atoms with Gasteiger partial charge in [-0.3, -0.25) is 14.7 Å². The van der Waals surface area contributed by atoms with Crippen molar-refractivity contribution in [3.63, 3.8) is 0 Å². The molecule has 9 nitrogen and oxygen atoms in total. The zero-order valence-corrected chi connectivity index (χ0v) is 19.3. The normalized spacial score (nSPS) is 17.3. The Bertz CT molecular complexity index is 1180. The van der Waals surface area contributed by atoms with Gasteiger partial charge >= 0.3 is 0 Å². The molecule has 1 N–H and O–H groups in total. The number of piperidine rings is 1. The minimum absolute atomic E-state index is 0.112. The van der Waals surface area contributed by atoms with Crippen molar-refractivity contribution < 1.29 is 19.1 Å². The largest absolute Gasteiger partial charge is 0.496 e. The van der Waals surface area contributed by atoms with Crippen molar-refractivity contribution in [1.29, 1.82) is 0 Å². The highest BCUT2D eigenvalue weighted by molar-refractivity contribution is 6.01. The number of amides is 2. The Morgan fingerprint density at radius 1 is 1.03 bits per heavy atom. The number of H-pyrrole nitrogens is 1. The summed E-state index contributed by atoms with van der Waals surface area (Å²) >= 11 is 0. The highest BCUT2D eigenvalue weighted by atomic mass is 16.5. The van der Waals surface area contributed by atoms with Crippen LogP contribution in [0.1, 0.15) is 29.8 Å². The fraction of sp³-hybridized carbons (Fsp3) is 0.360. The molecule has 0 atom stereocenters. The van der Waals surface area contributed by atoms with Crippen molar-refractivity contribution in [1.82, 2.24) is 20.1 Å². The molecular weight excluding hydrogens is 434 g/mol. The molecule has 4 heterocycles. The summed E-state index contributed by atoms with van der Waals surface area (Å²) in [7, 11) is 3.19. The molecule has 0 unspecified atom stereocenters. The zero-order valence-electron chi connectivity index (χ0n) is 19.3. The molecular formula is C25H27N5O4. The molecule has 2 aliphatic rings. The van der Waals surface area contributed by atoms with E-state index in [1.165, 1.54) is 0 Å². The lowest BCUT2D eigenvalue weighted by Crippen LogP contribution is -2.46. The van der Waals surface area contributed by atoms with Gasteiger partial charge in [0.1, 0.15) is 17.2 Å². The Morgan fingerprint density at radius 2 is 1.82 bits per heavy atom. The van der Waals surface area contributed by atoms with Crippen LogP contribution >= 0.6 is 0 Å². The molecule has 3 aromatic rings. The first-order valence-corrected chi connectivity index (χ1v) is 11.3. The molecule has 1 spiro atoms. The Kier molecular flexibility index (Phi) is 5.69. The molecule has 1 aromatic carbocycles. The molecule has 0 radical (unpaired) electrons. The minimum Gasteiger partial charge on any atom is -0.496 e.